The lowest BCUT2D eigenvalue weighted by Gasteiger charge is -2.10. The second-order valence-corrected chi connectivity index (χ2v) is 4.48. The summed E-state index contributed by atoms with van der Waals surface area (Å²) in [7, 11) is 0. The van der Waals surface area contributed by atoms with Crippen LogP contribution in [0.1, 0.15) is 5.56 Å². The van der Waals surface area contributed by atoms with Crippen molar-refractivity contribution < 1.29 is 9.84 Å². The molecule has 0 fully saturated rings. The van der Waals surface area contributed by atoms with Crippen molar-refractivity contribution in [2.24, 2.45) is 0 Å². The van der Waals surface area contributed by atoms with Crippen LogP contribution < -0.4 is 10.5 Å². The molecule has 100 valence electrons. The number of rotatable bonds is 3. The number of hydrogen-bond acceptors (Lipinski definition) is 4. The third-order valence-electron chi connectivity index (χ3n) is 3.15. The Morgan fingerprint density at radius 1 is 1.00 bits per heavy atom. The van der Waals surface area contributed by atoms with Crippen LogP contribution in [0, 0.1) is 0 Å². The van der Waals surface area contributed by atoms with Gasteiger partial charge in [-0.2, -0.15) is 0 Å². The van der Waals surface area contributed by atoms with Crippen molar-refractivity contribution in [1.82, 2.24) is 4.98 Å². The van der Waals surface area contributed by atoms with Gasteiger partial charge in [-0.15, -0.1) is 0 Å². The smallest absolute Gasteiger partial charge is 0.135 e. The van der Waals surface area contributed by atoms with Crippen molar-refractivity contribution in [3.63, 3.8) is 0 Å². The number of nitrogens with two attached hydrogens (primary N) is 1. The Morgan fingerprint density at radius 3 is 2.55 bits per heavy atom. The van der Waals surface area contributed by atoms with Crippen LogP contribution in [-0.4, -0.2) is 10.1 Å². The second-order valence-electron chi connectivity index (χ2n) is 4.48. The molecule has 0 spiro atoms. The van der Waals surface area contributed by atoms with Crippen molar-refractivity contribution in [2.75, 3.05) is 5.73 Å². The first-order chi connectivity index (χ1) is 9.78. The van der Waals surface area contributed by atoms with E-state index in [2.05, 4.69) is 4.98 Å². The van der Waals surface area contributed by atoms with E-state index < -0.39 is 0 Å². The molecule has 1 aromatic heterocycles. The van der Waals surface area contributed by atoms with Crippen LogP contribution in [0.4, 0.5) is 5.69 Å². The van der Waals surface area contributed by atoms with E-state index in [9.17, 15) is 0 Å². The average Bonchev–Trinajstić information content (AvgIpc) is 2.51. The van der Waals surface area contributed by atoms with E-state index >= 15 is 0 Å². The lowest BCUT2D eigenvalue weighted by molar-refractivity contribution is 0.281. The molecule has 0 amide bonds. The third kappa shape index (κ3) is 2.29. The molecule has 0 saturated carbocycles. The molecule has 0 unspecified atom stereocenters. The molecular formula is C16H14N2O2. The zero-order chi connectivity index (χ0) is 13.9. The molecule has 4 heteroatoms. The summed E-state index contributed by atoms with van der Waals surface area (Å²) in [6.07, 6.45) is 3.44. The fraction of sp³-hybridized carbons (Fsp3) is 0.0625. The van der Waals surface area contributed by atoms with E-state index in [0.717, 1.165) is 22.1 Å². The average molecular weight is 266 g/mol. The number of aliphatic hydroxyl groups is 1. The summed E-state index contributed by atoms with van der Waals surface area (Å²) >= 11 is 0. The van der Waals surface area contributed by atoms with Crippen LogP contribution in [0.2, 0.25) is 0 Å². The van der Waals surface area contributed by atoms with Crippen molar-refractivity contribution in [3.8, 4) is 11.5 Å². The lowest BCUT2D eigenvalue weighted by atomic mass is 10.1. The summed E-state index contributed by atoms with van der Waals surface area (Å²) in [6.45, 7) is 0.0246. The summed E-state index contributed by atoms with van der Waals surface area (Å²) in [5.41, 5.74) is 7.46. The van der Waals surface area contributed by atoms with Crippen LogP contribution in [0.5, 0.6) is 11.5 Å². The molecule has 4 nitrogen and oxygen atoms in total. The Balaban J connectivity index is 2.00. The molecule has 20 heavy (non-hydrogen) atoms. The van der Waals surface area contributed by atoms with Crippen LogP contribution in [-0.2, 0) is 6.61 Å². The first-order valence-electron chi connectivity index (χ1n) is 6.28. The quantitative estimate of drug-likeness (QED) is 0.715. The maximum absolute atomic E-state index is 9.03. The van der Waals surface area contributed by atoms with Crippen LogP contribution in [0.25, 0.3) is 10.8 Å². The Labute approximate surface area is 116 Å². The lowest BCUT2D eigenvalue weighted by Crippen LogP contribution is -1.91. The van der Waals surface area contributed by atoms with Gasteiger partial charge >= 0.3 is 0 Å². The van der Waals surface area contributed by atoms with Crippen molar-refractivity contribution in [2.45, 2.75) is 6.61 Å². The van der Waals surface area contributed by atoms with E-state index in [0.29, 0.717) is 11.4 Å². The molecule has 3 aromatic rings. The molecule has 0 radical (unpaired) electrons. The molecule has 0 saturated heterocycles. The van der Waals surface area contributed by atoms with E-state index in [-0.39, 0.29) is 6.61 Å². The Hall–Kier alpha value is -2.59. The van der Waals surface area contributed by atoms with Gasteiger partial charge in [-0.05, 0) is 35.9 Å². The van der Waals surface area contributed by atoms with E-state index in [1.165, 1.54) is 0 Å². The van der Waals surface area contributed by atoms with E-state index in [1.807, 2.05) is 36.4 Å². The molecule has 0 aliphatic rings. The highest BCUT2D eigenvalue weighted by Gasteiger charge is 2.06. The SMILES string of the molecule is Nc1ccc(Oc2ccc(CO)cc2)c2ccncc12. The van der Waals surface area contributed by atoms with Crippen molar-refractivity contribution >= 4 is 16.5 Å². The number of fused-ring (bicyclic) bond motifs is 1. The van der Waals surface area contributed by atoms with Gasteiger partial charge in [-0.25, -0.2) is 0 Å². The summed E-state index contributed by atoms with van der Waals surface area (Å²) in [4.78, 5) is 4.08. The first-order valence-corrected chi connectivity index (χ1v) is 6.28. The predicted octanol–water partition coefficient (Wildman–Crippen LogP) is 3.10. The number of nitrogen functional groups attached to an aromatic ring is 1. The summed E-state index contributed by atoms with van der Waals surface area (Å²) < 4.78 is 5.88. The van der Waals surface area contributed by atoms with Gasteiger partial charge in [0.2, 0.25) is 0 Å². The van der Waals surface area contributed by atoms with Gasteiger partial charge in [0.25, 0.3) is 0 Å². The van der Waals surface area contributed by atoms with Gasteiger partial charge in [0.15, 0.2) is 0 Å². The molecule has 0 aliphatic heterocycles. The number of anilines is 1. The largest absolute Gasteiger partial charge is 0.457 e. The normalized spacial score (nSPS) is 10.7. The zero-order valence-electron chi connectivity index (χ0n) is 10.8. The number of nitrogens with zero attached hydrogens (tertiary/aromatic N) is 1. The Bertz CT molecular complexity index is 739. The minimum atomic E-state index is 0.0246. The fourth-order valence-corrected chi connectivity index (χ4v) is 2.06. The standard InChI is InChI=1S/C16H14N2O2/c17-15-5-6-16(13-7-8-18-9-14(13)15)20-12-3-1-11(10-19)2-4-12/h1-9,19H,10,17H2. The summed E-state index contributed by atoms with van der Waals surface area (Å²) in [6, 6.07) is 12.8. The highest BCUT2D eigenvalue weighted by Crippen LogP contribution is 2.32. The van der Waals surface area contributed by atoms with Crippen LogP contribution in [0.15, 0.2) is 54.9 Å². The first kappa shape index (κ1) is 12.4. The van der Waals surface area contributed by atoms with Gasteiger partial charge in [0.1, 0.15) is 11.5 Å². The van der Waals surface area contributed by atoms with Gasteiger partial charge < -0.3 is 15.6 Å². The maximum Gasteiger partial charge on any atom is 0.135 e. The number of benzene rings is 2. The highest BCUT2D eigenvalue weighted by atomic mass is 16.5. The molecule has 1 heterocycles. The predicted molar refractivity (Wildman–Crippen MR) is 78.6 cm³/mol. The monoisotopic (exact) mass is 266 g/mol. The molecule has 2 aromatic carbocycles. The molecule has 0 aliphatic carbocycles. The molecule has 0 atom stereocenters. The highest BCUT2D eigenvalue weighted by molar-refractivity contribution is 5.96. The number of hydrogen-bond donors (Lipinski definition) is 2. The van der Waals surface area contributed by atoms with Crippen LogP contribution >= 0.6 is 0 Å². The van der Waals surface area contributed by atoms with Gasteiger partial charge in [0, 0.05) is 28.9 Å². The minimum Gasteiger partial charge on any atom is -0.457 e. The number of aromatic nitrogens is 1. The number of pyridine rings is 1. The van der Waals surface area contributed by atoms with Gasteiger partial charge in [-0.1, -0.05) is 12.1 Å². The topological polar surface area (TPSA) is 68.4 Å². The second kappa shape index (κ2) is 5.19. The molecular weight excluding hydrogens is 252 g/mol. The number of aliphatic hydroxyl groups excluding tert-OH is 1. The minimum absolute atomic E-state index is 0.0246. The van der Waals surface area contributed by atoms with E-state index in [4.69, 9.17) is 15.6 Å². The van der Waals surface area contributed by atoms with Crippen molar-refractivity contribution in [1.29, 1.82) is 0 Å². The van der Waals surface area contributed by atoms with E-state index in [1.54, 1.807) is 18.5 Å². The van der Waals surface area contributed by atoms with Gasteiger partial charge in [0.05, 0.1) is 6.61 Å². The number of ether oxygens (including phenoxy) is 1. The van der Waals surface area contributed by atoms with Crippen LogP contribution in [0.3, 0.4) is 0 Å². The molecule has 0 bridgehead atoms. The maximum atomic E-state index is 9.03. The zero-order valence-corrected chi connectivity index (χ0v) is 10.8. The molecule has 3 N–H and O–H groups in total. The summed E-state index contributed by atoms with van der Waals surface area (Å²) in [5, 5.41) is 10.8. The Kier molecular flexibility index (Phi) is 3.23. The van der Waals surface area contributed by atoms with Crippen molar-refractivity contribution in [3.05, 3.63) is 60.4 Å². The third-order valence-corrected chi connectivity index (χ3v) is 3.15. The fourth-order valence-electron chi connectivity index (χ4n) is 2.06. The van der Waals surface area contributed by atoms with Gasteiger partial charge in [-0.3, -0.25) is 4.98 Å². The molecule has 3 rings (SSSR count). The Morgan fingerprint density at radius 2 is 1.80 bits per heavy atom. The summed E-state index contributed by atoms with van der Waals surface area (Å²) in [5.74, 6) is 1.44.